The zero-order valence-corrected chi connectivity index (χ0v) is 20.2. The van der Waals surface area contributed by atoms with E-state index in [4.69, 9.17) is 4.74 Å². The molecular formula is C25H30N6O4. The summed E-state index contributed by atoms with van der Waals surface area (Å²) in [5.41, 5.74) is 2.87. The van der Waals surface area contributed by atoms with Crippen LogP contribution in [0.5, 0.6) is 0 Å². The molecule has 2 aliphatic heterocycles. The molecule has 184 valence electrons. The van der Waals surface area contributed by atoms with Gasteiger partial charge in [-0.15, -0.1) is 0 Å². The molecule has 5 rings (SSSR count). The largest absolute Gasteiger partial charge is 0.390 e. The molecule has 0 saturated carbocycles. The summed E-state index contributed by atoms with van der Waals surface area (Å²) in [5, 5.41) is 17.5. The van der Waals surface area contributed by atoms with Crippen molar-refractivity contribution in [3.63, 3.8) is 0 Å². The van der Waals surface area contributed by atoms with Crippen molar-refractivity contribution in [1.29, 1.82) is 0 Å². The normalized spacial score (nSPS) is 17.1. The minimum absolute atomic E-state index is 0.0593. The summed E-state index contributed by atoms with van der Waals surface area (Å²) in [4.78, 5) is 34.8. The number of aromatic nitrogens is 3. The molecule has 1 aromatic carbocycles. The number of nitrogens with zero attached hydrogens (tertiary/aromatic N) is 5. The van der Waals surface area contributed by atoms with Crippen molar-refractivity contribution >= 4 is 28.8 Å². The summed E-state index contributed by atoms with van der Waals surface area (Å²) >= 11 is 0. The van der Waals surface area contributed by atoms with Crippen molar-refractivity contribution < 1.29 is 19.4 Å². The number of carbonyl (C=O) groups excluding carboxylic acids is 2. The topological polar surface area (TPSA) is 112 Å². The van der Waals surface area contributed by atoms with Crippen molar-refractivity contribution in [2.45, 2.75) is 45.4 Å². The fourth-order valence-electron chi connectivity index (χ4n) is 4.91. The Hall–Kier alpha value is -3.50. The van der Waals surface area contributed by atoms with Crippen molar-refractivity contribution in [3.8, 4) is 0 Å². The maximum absolute atomic E-state index is 13.3. The average molecular weight is 479 g/mol. The predicted octanol–water partition coefficient (Wildman–Crippen LogP) is 2.32. The van der Waals surface area contributed by atoms with Crippen LogP contribution in [0, 0.1) is 0 Å². The molecule has 1 unspecified atom stereocenters. The lowest BCUT2D eigenvalue weighted by Gasteiger charge is -2.31. The van der Waals surface area contributed by atoms with E-state index in [1.807, 2.05) is 19.1 Å². The van der Waals surface area contributed by atoms with Gasteiger partial charge < -0.3 is 25.0 Å². The van der Waals surface area contributed by atoms with E-state index in [0.29, 0.717) is 61.7 Å². The van der Waals surface area contributed by atoms with Gasteiger partial charge in [0.2, 0.25) is 0 Å². The Kier molecular flexibility index (Phi) is 5.94. The van der Waals surface area contributed by atoms with E-state index in [0.717, 1.165) is 11.3 Å². The summed E-state index contributed by atoms with van der Waals surface area (Å²) in [6, 6.07) is 5.39. The molecule has 10 heteroatoms. The SMILES string of the molecule is CC(CC(C)(C)O)N1Cc2cc(NC(=O)c3cnn4cccnc34)c(N3CCOCC3)cc2C1=O. The number of amides is 2. The first-order valence-electron chi connectivity index (χ1n) is 11.8. The number of fused-ring (bicyclic) bond motifs is 2. The summed E-state index contributed by atoms with van der Waals surface area (Å²) in [5.74, 6) is -0.374. The van der Waals surface area contributed by atoms with Crippen LogP contribution in [-0.2, 0) is 11.3 Å². The molecule has 2 aromatic heterocycles. The Balaban J connectivity index is 1.48. The minimum atomic E-state index is -0.880. The number of benzene rings is 1. The maximum Gasteiger partial charge on any atom is 0.261 e. The third-order valence-corrected chi connectivity index (χ3v) is 6.50. The second kappa shape index (κ2) is 8.94. The monoisotopic (exact) mass is 478 g/mol. The van der Waals surface area contributed by atoms with E-state index in [1.54, 1.807) is 41.7 Å². The van der Waals surface area contributed by atoms with Gasteiger partial charge in [-0.1, -0.05) is 0 Å². The summed E-state index contributed by atoms with van der Waals surface area (Å²) in [7, 11) is 0. The van der Waals surface area contributed by atoms with Crippen molar-refractivity contribution in [2.75, 3.05) is 36.5 Å². The highest BCUT2D eigenvalue weighted by atomic mass is 16.5. The van der Waals surface area contributed by atoms with Crippen molar-refractivity contribution in [1.82, 2.24) is 19.5 Å². The molecule has 0 aliphatic carbocycles. The van der Waals surface area contributed by atoms with E-state index in [9.17, 15) is 14.7 Å². The highest BCUT2D eigenvalue weighted by Gasteiger charge is 2.35. The van der Waals surface area contributed by atoms with Gasteiger partial charge in [0.1, 0.15) is 5.56 Å². The lowest BCUT2D eigenvalue weighted by atomic mass is 9.99. The third kappa shape index (κ3) is 4.59. The Morgan fingerprint density at radius 3 is 2.80 bits per heavy atom. The zero-order chi connectivity index (χ0) is 24.7. The van der Waals surface area contributed by atoms with Crippen LogP contribution in [0.1, 0.15) is 53.5 Å². The van der Waals surface area contributed by atoms with Gasteiger partial charge >= 0.3 is 0 Å². The molecule has 1 atom stereocenters. The second-order valence-electron chi connectivity index (χ2n) is 9.82. The smallest absolute Gasteiger partial charge is 0.261 e. The maximum atomic E-state index is 13.3. The number of carbonyl (C=O) groups is 2. The Labute approximate surface area is 203 Å². The first-order valence-corrected chi connectivity index (χ1v) is 11.8. The quantitative estimate of drug-likeness (QED) is 0.559. The van der Waals surface area contributed by atoms with Crippen molar-refractivity contribution in [2.24, 2.45) is 0 Å². The molecule has 35 heavy (non-hydrogen) atoms. The fraction of sp³-hybridized carbons (Fsp3) is 0.440. The average Bonchev–Trinajstić information content (AvgIpc) is 3.39. The number of anilines is 2. The molecule has 0 radical (unpaired) electrons. The molecule has 2 aliphatic rings. The van der Waals surface area contributed by atoms with Crippen LogP contribution in [0.2, 0.25) is 0 Å². The van der Waals surface area contributed by atoms with E-state index in [-0.39, 0.29) is 17.9 Å². The summed E-state index contributed by atoms with van der Waals surface area (Å²) in [6.07, 6.45) is 5.33. The Bertz CT molecular complexity index is 1270. The van der Waals surface area contributed by atoms with Crippen LogP contribution in [0.3, 0.4) is 0 Å². The van der Waals surface area contributed by atoms with Crippen LogP contribution in [0.15, 0.2) is 36.8 Å². The van der Waals surface area contributed by atoms with Gasteiger partial charge in [0.15, 0.2) is 5.65 Å². The van der Waals surface area contributed by atoms with Gasteiger partial charge in [-0.3, -0.25) is 9.59 Å². The molecule has 2 amide bonds. The van der Waals surface area contributed by atoms with Gasteiger partial charge in [0, 0.05) is 43.6 Å². The van der Waals surface area contributed by atoms with Crippen LogP contribution >= 0.6 is 0 Å². The zero-order valence-electron chi connectivity index (χ0n) is 20.2. The number of ether oxygens (including phenoxy) is 1. The molecule has 2 N–H and O–H groups in total. The molecule has 0 spiro atoms. The van der Waals surface area contributed by atoms with Crippen LogP contribution in [-0.4, -0.2) is 74.4 Å². The predicted molar refractivity (Wildman–Crippen MR) is 131 cm³/mol. The number of nitrogens with one attached hydrogen (secondary N) is 1. The fourth-order valence-corrected chi connectivity index (χ4v) is 4.91. The molecular weight excluding hydrogens is 448 g/mol. The third-order valence-electron chi connectivity index (χ3n) is 6.50. The molecule has 4 heterocycles. The number of hydrogen-bond acceptors (Lipinski definition) is 7. The van der Waals surface area contributed by atoms with Gasteiger partial charge in [-0.25, -0.2) is 9.50 Å². The van der Waals surface area contributed by atoms with E-state index < -0.39 is 5.60 Å². The molecule has 1 fully saturated rings. The van der Waals surface area contributed by atoms with E-state index in [2.05, 4.69) is 20.3 Å². The number of aliphatic hydroxyl groups is 1. The molecule has 1 saturated heterocycles. The number of rotatable bonds is 6. The van der Waals surface area contributed by atoms with E-state index in [1.165, 1.54) is 6.20 Å². The van der Waals surface area contributed by atoms with E-state index >= 15 is 0 Å². The van der Waals surface area contributed by atoms with Gasteiger partial charge in [-0.05, 0) is 51.0 Å². The molecule has 10 nitrogen and oxygen atoms in total. The first kappa shape index (κ1) is 23.3. The summed E-state index contributed by atoms with van der Waals surface area (Å²) in [6.45, 7) is 8.34. The Morgan fingerprint density at radius 1 is 1.29 bits per heavy atom. The van der Waals surface area contributed by atoms with Gasteiger partial charge in [0.05, 0.1) is 36.4 Å². The van der Waals surface area contributed by atoms with Crippen LogP contribution in [0.4, 0.5) is 11.4 Å². The lowest BCUT2D eigenvalue weighted by molar-refractivity contribution is 0.0344. The minimum Gasteiger partial charge on any atom is -0.390 e. The Morgan fingerprint density at radius 2 is 2.06 bits per heavy atom. The molecule has 3 aromatic rings. The first-order chi connectivity index (χ1) is 16.7. The van der Waals surface area contributed by atoms with Gasteiger partial charge in [0.25, 0.3) is 11.8 Å². The lowest BCUT2D eigenvalue weighted by Crippen LogP contribution is -2.38. The van der Waals surface area contributed by atoms with Crippen LogP contribution in [0.25, 0.3) is 5.65 Å². The van der Waals surface area contributed by atoms with Gasteiger partial charge in [-0.2, -0.15) is 5.10 Å². The number of hydrogen-bond donors (Lipinski definition) is 2. The standard InChI is InChI=1S/C25H30N6O4/c1-16(13-25(2,3)34)30-15-17-11-20(21(12-18(17)24(30)33)29-7-9-35-10-8-29)28-23(32)19-14-27-31-6-4-5-26-22(19)31/h4-6,11-12,14,16,34H,7-10,13,15H2,1-3H3,(H,28,32). The highest BCUT2D eigenvalue weighted by molar-refractivity contribution is 6.10. The van der Waals surface area contributed by atoms with Crippen molar-refractivity contribution in [3.05, 3.63) is 53.5 Å². The highest BCUT2D eigenvalue weighted by Crippen LogP contribution is 2.36. The molecule has 0 bridgehead atoms. The second-order valence-corrected chi connectivity index (χ2v) is 9.82. The van der Waals surface area contributed by atoms with Crippen LogP contribution < -0.4 is 10.2 Å². The number of morpholine rings is 1. The summed E-state index contributed by atoms with van der Waals surface area (Å²) < 4.78 is 7.07.